The van der Waals surface area contributed by atoms with Crippen LogP contribution in [0.5, 0.6) is 0 Å². The van der Waals surface area contributed by atoms with Gasteiger partial charge in [0.05, 0.1) is 5.92 Å². The number of carbonyl (C=O) groups excluding carboxylic acids is 3. The van der Waals surface area contributed by atoms with E-state index in [1.807, 2.05) is 31.2 Å². The average Bonchev–Trinajstić information content (AvgIpc) is 2.69. The van der Waals surface area contributed by atoms with Crippen molar-refractivity contribution in [3.05, 3.63) is 59.7 Å². The molecule has 1 fully saturated rings. The van der Waals surface area contributed by atoms with E-state index in [9.17, 15) is 14.4 Å². The number of primary amides is 1. The van der Waals surface area contributed by atoms with Crippen LogP contribution in [0.25, 0.3) is 0 Å². The summed E-state index contributed by atoms with van der Waals surface area (Å²) < 4.78 is 0. The molecule has 146 valence electrons. The van der Waals surface area contributed by atoms with Crippen LogP contribution in [0, 0.1) is 12.8 Å². The molecule has 7 heteroatoms. The molecule has 1 aliphatic rings. The van der Waals surface area contributed by atoms with Crippen molar-refractivity contribution in [2.45, 2.75) is 19.8 Å². The van der Waals surface area contributed by atoms with Gasteiger partial charge < -0.3 is 21.3 Å². The lowest BCUT2D eigenvalue weighted by Gasteiger charge is -2.32. The fourth-order valence-corrected chi connectivity index (χ4v) is 3.28. The van der Waals surface area contributed by atoms with Crippen LogP contribution in [0.4, 0.5) is 16.2 Å². The maximum absolute atomic E-state index is 12.7. The minimum atomic E-state index is -0.641. The van der Waals surface area contributed by atoms with Gasteiger partial charge in [0.15, 0.2) is 0 Å². The molecule has 1 saturated heterocycles. The molecule has 4 amide bonds. The summed E-state index contributed by atoms with van der Waals surface area (Å²) in [7, 11) is 0. The van der Waals surface area contributed by atoms with Gasteiger partial charge in [0.1, 0.15) is 0 Å². The summed E-state index contributed by atoms with van der Waals surface area (Å²) in [6.07, 6.45) is 1.53. The van der Waals surface area contributed by atoms with Crippen LogP contribution in [0.3, 0.4) is 0 Å². The molecular weight excluding hydrogens is 356 g/mol. The highest BCUT2D eigenvalue weighted by atomic mass is 16.2. The minimum absolute atomic E-state index is 0.0422. The van der Waals surface area contributed by atoms with Crippen LogP contribution in [0.2, 0.25) is 0 Å². The Morgan fingerprint density at radius 2 is 1.57 bits per heavy atom. The first kappa shape index (κ1) is 19.4. The van der Waals surface area contributed by atoms with E-state index in [4.69, 9.17) is 5.73 Å². The third-order valence-corrected chi connectivity index (χ3v) is 4.80. The smallest absolute Gasteiger partial charge is 0.316 e. The number of amides is 4. The normalized spacial score (nSPS) is 16.3. The second kappa shape index (κ2) is 8.56. The van der Waals surface area contributed by atoms with E-state index in [2.05, 4.69) is 10.6 Å². The number of nitrogens with zero attached hydrogens (tertiary/aromatic N) is 1. The maximum Gasteiger partial charge on any atom is 0.316 e. The standard InChI is InChI=1S/C21H24N4O3/c1-14-4-6-15(7-5-14)20(27)25-12-2-3-16(13-25)19(26)23-17-8-10-18(11-9-17)24-21(22)28/h4-11,16H,2-3,12-13H2,1H3,(H,23,26)(H3,22,24,28). The van der Waals surface area contributed by atoms with E-state index < -0.39 is 6.03 Å². The molecule has 2 aromatic carbocycles. The first-order valence-corrected chi connectivity index (χ1v) is 9.26. The molecule has 0 saturated carbocycles. The highest BCUT2D eigenvalue weighted by Crippen LogP contribution is 2.21. The van der Waals surface area contributed by atoms with Gasteiger partial charge in [-0.05, 0) is 56.2 Å². The molecule has 1 aliphatic heterocycles. The first-order chi connectivity index (χ1) is 13.4. The lowest BCUT2D eigenvalue weighted by atomic mass is 9.96. The van der Waals surface area contributed by atoms with Gasteiger partial charge in [0.25, 0.3) is 5.91 Å². The topological polar surface area (TPSA) is 105 Å². The molecule has 2 aromatic rings. The summed E-state index contributed by atoms with van der Waals surface area (Å²) in [5.41, 5.74) is 8.00. The summed E-state index contributed by atoms with van der Waals surface area (Å²) >= 11 is 0. The highest BCUT2D eigenvalue weighted by Gasteiger charge is 2.29. The van der Waals surface area contributed by atoms with Gasteiger partial charge in [0, 0.05) is 30.0 Å². The minimum Gasteiger partial charge on any atom is -0.351 e. The molecule has 0 radical (unpaired) electrons. The van der Waals surface area contributed by atoms with Crippen LogP contribution in [-0.4, -0.2) is 35.8 Å². The number of likely N-dealkylation sites (tertiary alicyclic amines) is 1. The first-order valence-electron chi connectivity index (χ1n) is 9.26. The van der Waals surface area contributed by atoms with Crippen LogP contribution in [-0.2, 0) is 4.79 Å². The zero-order valence-corrected chi connectivity index (χ0v) is 15.8. The van der Waals surface area contributed by atoms with Crippen molar-refractivity contribution < 1.29 is 14.4 Å². The van der Waals surface area contributed by atoms with Crippen molar-refractivity contribution in [3.63, 3.8) is 0 Å². The zero-order chi connectivity index (χ0) is 20.1. The molecule has 3 rings (SSSR count). The van der Waals surface area contributed by atoms with E-state index >= 15 is 0 Å². The van der Waals surface area contributed by atoms with Crippen molar-refractivity contribution in [1.82, 2.24) is 4.90 Å². The summed E-state index contributed by atoms with van der Waals surface area (Å²) in [5, 5.41) is 5.35. The van der Waals surface area contributed by atoms with Crippen molar-refractivity contribution >= 4 is 29.2 Å². The van der Waals surface area contributed by atoms with Crippen LogP contribution in [0.15, 0.2) is 48.5 Å². The van der Waals surface area contributed by atoms with E-state index in [0.717, 1.165) is 18.4 Å². The predicted octanol–water partition coefficient (Wildman–Crippen LogP) is 2.98. The Morgan fingerprint density at radius 1 is 0.964 bits per heavy atom. The number of anilines is 2. The number of carbonyl (C=O) groups is 3. The molecule has 0 bridgehead atoms. The number of aryl methyl sites for hydroxylation is 1. The molecule has 0 aromatic heterocycles. The van der Waals surface area contributed by atoms with E-state index in [0.29, 0.717) is 30.0 Å². The second-order valence-corrected chi connectivity index (χ2v) is 7.01. The van der Waals surface area contributed by atoms with Gasteiger partial charge in [0.2, 0.25) is 5.91 Å². The largest absolute Gasteiger partial charge is 0.351 e. The number of hydrogen-bond acceptors (Lipinski definition) is 3. The monoisotopic (exact) mass is 380 g/mol. The average molecular weight is 380 g/mol. The van der Waals surface area contributed by atoms with Crippen molar-refractivity contribution in [2.75, 3.05) is 23.7 Å². The molecule has 1 unspecified atom stereocenters. The number of benzene rings is 2. The van der Waals surface area contributed by atoms with Gasteiger partial charge in [-0.1, -0.05) is 17.7 Å². The van der Waals surface area contributed by atoms with Crippen LogP contribution < -0.4 is 16.4 Å². The number of hydrogen-bond donors (Lipinski definition) is 3. The Labute approximate surface area is 163 Å². The van der Waals surface area contributed by atoms with Gasteiger partial charge >= 0.3 is 6.03 Å². The highest BCUT2D eigenvalue weighted by molar-refractivity contribution is 5.96. The third-order valence-electron chi connectivity index (χ3n) is 4.80. The van der Waals surface area contributed by atoms with E-state index in [1.54, 1.807) is 29.2 Å². The van der Waals surface area contributed by atoms with Gasteiger partial charge in [-0.2, -0.15) is 0 Å². The number of nitrogens with two attached hydrogens (primary N) is 1. The van der Waals surface area contributed by atoms with Crippen LogP contribution >= 0.6 is 0 Å². The predicted molar refractivity (Wildman–Crippen MR) is 108 cm³/mol. The number of rotatable bonds is 4. The Kier molecular flexibility index (Phi) is 5.93. The fourth-order valence-electron chi connectivity index (χ4n) is 3.28. The Balaban J connectivity index is 1.60. The SMILES string of the molecule is Cc1ccc(C(=O)N2CCCC(C(=O)Nc3ccc(NC(N)=O)cc3)C2)cc1. The summed E-state index contributed by atoms with van der Waals surface area (Å²) in [5.74, 6) is -0.414. The lowest BCUT2D eigenvalue weighted by molar-refractivity contribution is -0.121. The molecule has 0 spiro atoms. The zero-order valence-electron chi connectivity index (χ0n) is 15.8. The second-order valence-electron chi connectivity index (χ2n) is 7.01. The lowest BCUT2D eigenvalue weighted by Crippen LogP contribution is -2.43. The molecular formula is C21H24N4O3. The molecule has 28 heavy (non-hydrogen) atoms. The van der Waals surface area contributed by atoms with Crippen molar-refractivity contribution in [2.24, 2.45) is 11.7 Å². The summed E-state index contributed by atoms with van der Waals surface area (Å²) in [6, 6.07) is 13.5. The molecule has 7 nitrogen and oxygen atoms in total. The van der Waals surface area contributed by atoms with Gasteiger partial charge in [-0.3, -0.25) is 9.59 Å². The molecule has 1 atom stereocenters. The van der Waals surface area contributed by atoms with Gasteiger partial charge in [-0.15, -0.1) is 0 Å². The Morgan fingerprint density at radius 3 is 2.18 bits per heavy atom. The van der Waals surface area contributed by atoms with Crippen molar-refractivity contribution in [3.8, 4) is 0 Å². The number of urea groups is 1. The molecule has 4 N–H and O–H groups in total. The molecule has 1 heterocycles. The van der Waals surface area contributed by atoms with Crippen LogP contribution in [0.1, 0.15) is 28.8 Å². The fraction of sp³-hybridized carbons (Fsp3) is 0.286. The Bertz CT molecular complexity index is 862. The van der Waals surface area contributed by atoms with Gasteiger partial charge in [-0.25, -0.2) is 4.79 Å². The summed E-state index contributed by atoms with van der Waals surface area (Å²) in [6.45, 7) is 3.04. The Hall–Kier alpha value is -3.35. The third kappa shape index (κ3) is 4.88. The molecule has 0 aliphatic carbocycles. The maximum atomic E-state index is 12.7. The summed E-state index contributed by atoms with van der Waals surface area (Å²) in [4.78, 5) is 38.0. The van der Waals surface area contributed by atoms with Crippen molar-refractivity contribution in [1.29, 1.82) is 0 Å². The van der Waals surface area contributed by atoms with E-state index in [1.165, 1.54) is 0 Å². The van der Waals surface area contributed by atoms with E-state index in [-0.39, 0.29) is 17.7 Å². The quantitative estimate of drug-likeness (QED) is 0.759. The number of piperidine rings is 1. The number of nitrogens with one attached hydrogen (secondary N) is 2.